The third kappa shape index (κ3) is 4.22. The first kappa shape index (κ1) is 17.8. The van der Waals surface area contributed by atoms with Crippen LogP contribution in [0.2, 0.25) is 0 Å². The molecule has 0 unspecified atom stereocenters. The van der Waals surface area contributed by atoms with Gasteiger partial charge in [0.1, 0.15) is 5.82 Å². The number of benzene rings is 2. The van der Waals surface area contributed by atoms with Gasteiger partial charge < -0.3 is 4.90 Å². The summed E-state index contributed by atoms with van der Waals surface area (Å²) in [5.41, 5.74) is 2.18. The van der Waals surface area contributed by atoms with Gasteiger partial charge in [-0.05, 0) is 30.5 Å². The number of amides is 1. The van der Waals surface area contributed by atoms with E-state index in [-0.39, 0.29) is 5.91 Å². The number of hydrogen-bond acceptors (Lipinski definition) is 4. The lowest BCUT2D eigenvalue weighted by atomic mass is 10.2. The number of para-hydroxylation sites is 1. The van der Waals surface area contributed by atoms with Crippen LogP contribution in [0.1, 0.15) is 30.1 Å². The van der Waals surface area contributed by atoms with E-state index in [1.54, 1.807) is 4.90 Å². The summed E-state index contributed by atoms with van der Waals surface area (Å²) in [4.78, 5) is 14.3. The van der Waals surface area contributed by atoms with Gasteiger partial charge in [-0.3, -0.25) is 9.36 Å². The Balaban J connectivity index is 1.46. The molecule has 0 N–H and O–H groups in total. The van der Waals surface area contributed by atoms with Gasteiger partial charge in [0.2, 0.25) is 5.91 Å². The number of nitrogens with zero attached hydrogens (tertiary/aromatic N) is 4. The van der Waals surface area contributed by atoms with Crippen LogP contribution in [0, 0.1) is 0 Å². The van der Waals surface area contributed by atoms with Crippen molar-refractivity contribution in [3.8, 4) is 5.69 Å². The van der Waals surface area contributed by atoms with E-state index >= 15 is 0 Å². The number of rotatable bonds is 7. The van der Waals surface area contributed by atoms with Crippen LogP contribution < -0.4 is 0 Å². The van der Waals surface area contributed by atoms with Gasteiger partial charge >= 0.3 is 0 Å². The summed E-state index contributed by atoms with van der Waals surface area (Å²) in [6, 6.07) is 20.2. The standard InChI is InChI=1S/C21H22N4OS/c1-24(14-16-8-4-2-5-9-16)19(26)15-27-21-23-22-20(17-12-13-17)25(21)18-10-6-3-7-11-18/h2-11,17H,12-15H2,1H3. The van der Waals surface area contributed by atoms with E-state index < -0.39 is 0 Å². The lowest BCUT2D eigenvalue weighted by molar-refractivity contribution is -0.127. The van der Waals surface area contributed by atoms with E-state index in [4.69, 9.17) is 0 Å². The van der Waals surface area contributed by atoms with Crippen LogP contribution >= 0.6 is 11.8 Å². The molecule has 5 nitrogen and oxygen atoms in total. The van der Waals surface area contributed by atoms with Crippen molar-refractivity contribution in [1.29, 1.82) is 0 Å². The molecular weight excluding hydrogens is 356 g/mol. The third-order valence-electron chi connectivity index (χ3n) is 4.63. The van der Waals surface area contributed by atoms with Gasteiger partial charge in [-0.2, -0.15) is 0 Å². The third-order valence-corrected chi connectivity index (χ3v) is 5.54. The number of thioether (sulfide) groups is 1. The average molecular weight is 379 g/mol. The molecule has 1 aliphatic rings. The maximum Gasteiger partial charge on any atom is 0.233 e. The highest BCUT2D eigenvalue weighted by molar-refractivity contribution is 7.99. The van der Waals surface area contributed by atoms with Crippen molar-refractivity contribution in [2.75, 3.05) is 12.8 Å². The fraction of sp³-hybridized carbons (Fsp3) is 0.286. The highest BCUT2D eigenvalue weighted by atomic mass is 32.2. The predicted molar refractivity (Wildman–Crippen MR) is 107 cm³/mol. The van der Waals surface area contributed by atoms with Crippen LogP contribution in [-0.4, -0.2) is 38.4 Å². The van der Waals surface area contributed by atoms with Gasteiger partial charge in [-0.1, -0.05) is 60.3 Å². The van der Waals surface area contributed by atoms with E-state index in [2.05, 4.69) is 26.9 Å². The Hall–Kier alpha value is -2.60. The van der Waals surface area contributed by atoms with Gasteiger partial charge in [0.05, 0.1) is 5.75 Å². The van der Waals surface area contributed by atoms with Crippen molar-refractivity contribution < 1.29 is 4.79 Å². The molecule has 1 aromatic heterocycles. The summed E-state index contributed by atoms with van der Waals surface area (Å²) in [6.45, 7) is 0.610. The van der Waals surface area contributed by atoms with E-state index in [1.807, 2.05) is 55.6 Å². The molecule has 0 atom stereocenters. The number of aromatic nitrogens is 3. The van der Waals surface area contributed by atoms with E-state index in [0.29, 0.717) is 18.2 Å². The summed E-state index contributed by atoms with van der Waals surface area (Å²) in [5, 5.41) is 9.57. The van der Waals surface area contributed by atoms with Crippen LogP contribution in [0.5, 0.6) is 0 Å². The minimum atomic E-state index is 0.0828. The molecule has 1 saturated carbocycles. The molecule has 138 valence electrons. The lowest BCUT2D eigenvalue weighted by Gasteiger charge is -2.17. The summed E-state index contributed by atoms with van der Waals surface area (Å²) in [7, 11) is 1.84. The molecule has 1 aliphatic carbocycles. The number of hydrogen-bond donors (Lipinski definition) is 0. The molecule has 0 bridgehead atoms. The quantitative estimate of drug-likeness (QED) is 0.585. The Labute approximate surface area is 163 Å². The monoisotopic (exact) mass is 378 g/mol. The molecule has 3 aromatic rings. The van der Waals surface area contributed by atoms with Crippen LogP contribution in [0.3, 0.4) is 0 Å². The molecule has 0 saturated heterocycles. The largest absolute Gasteiger partial charge is 0.341 e. The van der Waals surface area contributed by atoms with Crippen molar-refractivity contribution in [1.82, 2.24) is 19.7 Å². The first-order valence-electron chi connectivity index (χ1n) is 9.14. The second-order valence-electron chi connectivity index (χ2n) is 6.81. The first-order valence-corrected chi connectivity index (χ1v) is 10.1. The zero-order valence-corrected chi connectivity index (χ0v) is 16.1. The SMILES string of the molecule is CN(Cc1ccccc1)C(=O)CSc1nnc(C2CC2)n1-c1ccccc1. The molecule has 0 radical (unpaired) electrons. The minimum absolute atomic E-state index is 0.0828. The number of carbonyl (C=O) groups is 1. The summed E-state index contributed by atoms with van der Waals surface area (Å²) >= 11 is 1.45. The molecular formula is C21H22N4OS. The van der Waals surface area contributed by atoms with Crippen LogP contribution in [0.4, 0.5) is 0 Å². The molecule has 27 heavy (non-hydrogen) atoms. The zero-order chi connectivity index (χ0) is 18.6. The van der Waals surface area contributed by atoms with Crippen LogP contribution in [0.25, 0.3) is 5.69 Å². The topological polar surface area (TPSA) is 51.0 Å². The Morgan fingerprint density at radius 2 is 1.74 bits per heavy atom. The van der Waals surface area contributed by atoms with Gasteiger partial charge in [0.15, 0.2) is 5.16 Å². The van der Waals surface area contributed by atoms with Crippen molar-refractivity contribution in [2.45, 2.75) is 30.5 Å². The second kappa shape index (κ2) is 7.96. The summed E-state index contributed by atoms with van der Waals surface area (Å²) < 4.78 is 2.10. The average Bonchev–Trinajstić information content (AvgIpc) is 3.47. The normalized spacial score (nSPS) is 13.5. The van der Waals surface area contributed by atoms with Crippen molar-refractivity contribution >= 4 is 17.7 Å². The number of carbonyl (C=O) groups excluding carboxylic acids is 1. The smallest absolute Gasteiger partial charge is 0.233 e. The van der Waals surface area contributed by atoms with Crippen molar-refractivity contribution in [3.63, 3.8) is 0 Å². The fourth-order valence-electron chi connectivity index (χ4n) is 2.98. The van der Waals surface area contributed by atoms with Gasteiger partial charge in [-0.15, -0.1) is 10.2 Å². The molecule has 1 amide bonds. The zero-order valence-electron chi connectivity index (χ0n) is 15.3. The molecule has 1 heterocycles. The minimum Gasteiger partial charge on any atom is -0.341 e. The molecule has 1 fully saturated rings. The first-order chi connectivity index (χ1) is 13.2. The Bertz CT molecular complexity index is 906. The molecule has 6 heteroatoms. The lowest BCUT2D eigenvalue weighted by Crippen LogP contribution is -2.27. The highest BCUT2D eigenvalue weighted by Crippen LogP contribution is 2.41. The Kier molecular flexibility index (Phi) is 5.25. The van der Waals surface area contributed by atoms with Gasteiger partial charge in [-0.25, -0.2) is 0 Å². The highest BCUT2D eigenvalue weighted by Gasteiger charge is 2.31. The molecule has 4 rings (SSSR count). The van der Waals surface area contributed by atoms with Gasteiger partial charge in [0, 0.05) is 25.2 Å². The van der Waals surface area contributed by atoms with Crippen LogP contribution in [-0.2, 0) is 11.3 Å². The Morgan fingerprint density at radius 3 is 2.41 bits per heavy atom. The van der Waals surface area contributed by atoms with Crippen LogP contribution in [0.15, 0.2) is 65.8 Å². The van der Waals surface area contributed by atoms with E-state index in [9.17, 15) is 4.79 Å². The molecule has 0 spiro atoms. The van der Waals surface area contributed by atoms with Crippen molar-refractivity contribution in [3.05, 3.63) is 72.1 Å². The maximum absolute atomic E-state index is 12.6. The predicted octanol–water partition coefficient (Wildman–Crippen LogP) is 3.90. The molecule has 2 aromatic carbocycles. The van der Waals surface area contributed by atoms with Gasteiger partial charge in [0.25, 0.3) is 0 Å². The van der Waals surface area contributed by atoms with E-state index in [1.165, 1.54) is 11.8 Å². The van der Waals surface area contributed by atoms with Crippen molar-refractivity contribution in [2.24, 2.45) is 0 Å². The summed E-state index contributed by atoms with van der Waals surface area (Å²) in [5.74, 6) is 1.93. The second-order valence-corrected chi connectivity index (χ2v) is 7.75. The Morgan fingerprint density at radius 1 is 1.07 bits per heavy atom. The summed E-state index contributed by atoms with van der Waals surface area (Å²) in [6.07, 6.45) is 2.32. The van der Waals surface area contributed by atoms with E-state index in [0.717, 1.165) is 35.1 Å². The maximum atomic E-state index is 12.6. The molecule has 0 aliphatic heterocycles. The fourth-order valence-corrected chi connectivity index (χ4v) is 3.88.